The molecule has 1 aromatic heterocycles. The predicted octanol–water partition coefficient (Wildman–Crippen LogP) is 3.02. The third-order valence-electron chi connectivity index (χ3n) is 4.72. The molecule has 92 valence electrons. The van der Waals surface area contributed by atoms with Crippen molar-refractivity contribution in [3.63, 3.8) is 0 Å². The number of hydrogen-bond donors (Lipinski definition) is 1. The number of nitrogens with zero attached hydrogens (tertiary/aromatic N) is 1. The zero-order chi connectivity index (χ0) is 11.9. The van der Waals surface area contributed by atoms with E-state index in [0.717, 1.165) is 5.92 Å². The van der Waals surface area contributed by atoms with Crippen LogP contribution in [0.25, 0.3) is 0 Å². The van der Waals surface area contributed by atoms with Crippen molar-refractivity contribution >= 4 is 0 Å². The summed E-state index contributed by atoms with van der Waals surface area (Å²) in [7, 11) is 0. The third kappa shape index (κ3) is 1.89. The number of nitrogens with two attached hydrogens (primary N) is 1. The molecule has 2 heteroatoms. The van der Waals surface area contributed by atoms with Crippen LogP contribution in [0.3, 0.4) is 0 Å². The van der Waals surface area contributed by atoms with Gasteiger partial charge < -0.3 is 5.73 Å². The molecule has 3 unspecified atom stereocenters. The van der Waals surface area contributed by atoms with Crippen LogP contribution < -0.4 is 5.73 Å². The Kier molecular flexibility index (Phi) is 2.70. The van der Waals surface area contributed by atoms with Gasteiger partial charge in [-0.1, -0.05) is 25.8 Å². The largest absolute Gasteiger partial charge is 0.324 e. The Morgan fingerprint density at radius 2 is 2.29 bits per heavy atom. The van der Waals surface area contributed by atoms with Gasteiger partial charge in [0.1, 0.15) is 0 Å². The van der Waals surface area contributed by atoms with E-state index < -0.39 is 0 Å². The number of aromatic nitrogens is 1. The van der Waals surface area contributed by atoms with E-state index in [9.17, 15) is 0 Å². The molecule has 3 rings (SSSR count). The molecule has 1 heterocycles. The Balaban J connectivity index is 1.90. The summed E-state index contributed by atoms with van der Waals surface area (Å²) < 4.78 is 0. The summed E-state index contributed by atoms with van der Waals surface area (Å²) in [5, 5.41) is 0. The van der Waals surface area contributed by atoms with Crippen LogP contribution in [0, 0.1) is 5.92 Å². The van der Waals surface area contributed by atoms with Crippen LogP contribution in [0.15, 0.2) is 18.3 Å². The number of fused-ring (bicyclic) bond motifs is 1. The summed E-state index contributed by atoms with van der Waals surface area (Å²) in [6.45, 7) is 2.34. The summed E-state index contributed by atoms with van der Waals surface area (Å²) in [5.41, 5.74) is 9.47. The number of pyridine rings is 1. The summed E-state index contributed by atoms with van der Waals surface area (Å²) in [4.78, 5) is 4.61. The molecule has 0 aliphatic heterocycles. The molecule has 2 nitrogen and oxygen atoms in total. The summed E-state index contributed by atoms with van der Waals surface area (Å²) >= 11 is 0. The molecule has 0 radical (unpaired) electrons. The summed E-state index contributed by atoms with van der Waals surface area (Å²) in [5.74, 6) is 1.28. The fourth-order valence-corrected chi connectivity index (χ4v) is 3.92. The van der Waals surface area contributed by atoms with Gasteiger partial charge in [-0.3, -0.25) is 4.98 Å². The molecule has 2 aliphatic rings. The SMILES string of the molecule is CC1CCCC(N)(C2CCc3cccnc32)C1. The van der Waals surface area contributed by atoms with Gasteiger partial charge in [-0.25, -0.2) is 0 Å². The van der Waals surface area contributed by atoms with Crippen molar-refractivity contribution in [3.8, 4) is 0 Å². The van der Waals surface area contributed by atoms with E-state index in [0.29, 0.717) is 5.92 Å². The lowest BCUT2D eigenvalue weighted by Crippen LogP contribution is -2.48. The lowest BCUT2D eigenvalue weighted by molar-refractivity contribution is 0.197. The van der Waals surface area contributed by atoms with Gasteiger partial charge in [-0.2, -0.15) is 0 Å². The van der Waals surface area contributed by atoms with Crippen LogP contribution in [0.1, 0.15) is 56.2 Å². The maximum absolute atomic E-state index is 6.73. The minimum absolute atomic E-state index is 0.0112. The van der Waals surface area contributed by atoms with Gasteiger partial charge in [0.2, 0.25) is 0 Å². The van der Waals surface area contributed by atoms with E-state index in [1.807, 2.05) is 12.3 Å². The Hall–Kier alpha value is -0.890. The highest BCUT2D eigenvalue weighted by molar-refractivity contribution is 5.32. The van der Waals surface area contributed by atoms with Gasteiger partial charge in [-0.05, 0) is 43.2 Å². The van der Waals surface area contributed by atoms with Crippen LogP contribution >= 0.6 is 0 Å². The Labute approximate surface area is 104 Å². The third-order valence-corrected chi connectivity index (χ3v) is 4.72. The van der Waals surface area contributed by atoms with Crippen LogP contribution in [-0.2, 0) is 6.42 Å². The average molecular weight is 230 g/mol. The monoisotopic (exact) mass is 230 g/mol. The Morgan fingerprint density at radius 1 is 1.41 bits per heavy atom. The highest BCUT2D eigenvalue weighted by atomic mass is 14.8. The zero-order valence-corrected chi connectivity index (χ0v) is 10.7. The number of rotatable bonds is 1. The van der Waals surface area contributed by atoms with Gasteiger partial charge in [0.25, 0.3) is 0 Å². The highest BCUT2D eigenvalue weighted by Gasteiger charge is 2.42. The van der Waals surface area contributed by atoms with Gasteiger partial charge in [0.15, 0.2) is 0 Å². The highest BCUT2D eigenvalue weighted by Crippen LogP contribution is 2.45. The zero-order valence-electron chi connectivity index (χ0n) is 10.7. The first-order valence-corrected chi connectivity index (χ1v) is 6.92. The van der Waals surface area contributed by atoms with E-state index in [1.54, 1.807) is 0 Å². The molecular formula is C15H22N2. The van der Waals surface area contributed by atoms with Crippen molar-refractivity contribution in [2.75, 3.05) is 0 Å². The van der Waals surface area contributed by atoms with E-state index in [-0.39, 0.29) is 5.54 Å². The van der Waals surface area contributed by atoms with Gasteiger partial charge in [0, 0.05) is 23.3 Å². The van der Waals surface area contributed by atoms with Crippen LogP contribution in [0.5, 0.6) is 0 Å². The first-order valence-electron chi connectivity index (χ1n) is 6.92. The molecule has 1 aromatic rings. The van der Waals surface area contributed by atoms with E-state index >= 15 is 0 Å². The van der Waals surface area contributed by atoms with Gasteiger partial charge in [-0.15, -0.1) is 0 Å². The Bertz CT molecular complexity index is 415. The van der Waals surface area contributed by atoms with E-state index in [2.05, 4.69) is 18.0 Å². The predicted molar refractivity (Wildman–Crippen MR) is 69.8 cm³/mol. The van der Waals surface area contributed by atoms with E-state index in [4.69, 9.17) is 5.73 Å². The molecule has 0 bridgehead atoms. The van der Waals surface area contributed by atoms with Crippen LogP contribution in [-0.4, -0.2) is 10.5 Å². The molecule has 1 saturated carbocycles. The standard InChI is InChI=1S/C15H22N2/c1-11-4-2-8-15(16,10-11)13-7-6-12-5-3-9-17-14(12)13/h3,5,9,11,13H,2,4,6-8,10,16H2,1H3. The molecule has 17 heavy (non-hydrogen) atoms. The summed E-state index contributed by atoms with van der Waals surface area (Å²) in [6.07, 6.45) is 9.28. The second kappa shape index (κ2) is 4.09. The van der Waals surface area contributed by atoms with Crippen molar-refractivity contribution in [2.24, 2.45) is 11.7 Å². The van der Waals surface area contributed by atoms with Crippen molar-refractivity contribution in [2.45, 2.75) is 56.9 Å². The molecule has 0 amide bonds. The average Bonchev–Trinajstić information content (AvgIpc) is 2.72. The number of aryl methyl sites for hydroxylation is 1. The fraction of sp³-hybridized carbons (Fsp3) is 0.667. The van der Waals surface area contributed by atoms with Gasteiger partial charge in [0.05, 0.1) is 0 Å². The van der Waals surface area contributed by atoms with Crippen LogP contribution in [0.4, 0.5) is 0 Å². The lowest BCUT2D eigenvalue weighted by Gasteiger charge is -2.41. The van der Waals surface area contributed by atoms with Crippen molar-refractivity contribution in [1.82, 2.24) is 4.98 Å². The minimum Gasteiger partial charge on any atom is -0.324 e. The molecule has 0 aromatic carbocycles. The van der Waals surface area contributed by atoms with E-state index in [1.165, 1.54) is 49.8 Å². The maximum atomic E-state index is 6.73. The van der Waals surface area contributed by atoms with Crippen LogP contribution in [0.2, 0.25) is 0 Å². The smallest absolute Gasteiger partial charge is 0.0484 e. The maximum Gasteiger partial charge on any atom is 0.0484 e. The molecule has 2 aliphatic carbocycles. The normalized spacial score (nSPS) is 36.8. The second-order valence-electron chi connectivity index (χ2n) is 6.07. The molecule has 2 N–H and O–H groups in total. The molecule has 0 spiro atoms. The summed E-state index contributed by atoms with van der Waals surface area (Å²) in [6, 6.07) is 4.27. The van der Waals surface area contributed by atoms with Gasteiger partial charge >= 0.3 is 0 Å². The Morgan fingerprint density at radius 3 is 3.12 bits per heavy atom. The quantitative estimate of drug-likeness (QED) is 0.805. The molecule has 1 fully saturated rings. The van der Waals surface area contributed by atoms with Crippen molar-refractivity contribution < 1.29 is 0 Å². The topological polar surface area (TPSA) is 38.9 Å². The molecule has 0 saturated heterocycles. The fourth-order valence-electron chi connectivity index (χ4n) is 3.92. The first kappa shape index (κ1) is 11.2. The lowest BCUT2D eigenvalue weighted by atomic mass is 9.69. The van der Waals surface area contributed by atoms with Crippen molar-refractivity contribution in [3.05, 3.63) is 29.6 Å². The number of hydrogen-bond acceptors (Lipinski definition) is 2. The first-order chi connectivity index (χ1) is 8.19. The van der Waals surface area contributed by atoms with Crippen molar-refractivity contribution in [1.29, 1.82) is 0 Å². The molecular weight excluding hydrogens is 208 g/mol. The minimum atomic E-state index is 0.0112. The molecule has 3 atom stereocenters. The second-order valence-corrected chi connectivity index (χ2v) is 6.07.